The lowest BCUT2D eigenvalue weighted by Crippen LogP contribution is -2.47. The smallest absolute Gasteiger partial charge is 0.0698 e. The molecule has 0 aromatic carbocycles. The summed E-state index contributed by atoms with van der Waals surface area (Å²) in [5, 5.41) is 11.0. The van der Waals surface area contributed by atoms with Gasteiger partial charge in [0.25, 0.3) is 0 Å². The van der Waals surface area contributed by atoms with Crippen molar-refractivity contribution >= 4 is 15.9 Å². The van der Waals surface area contributed by atoms with Crippen molar-refractivity contribution in [2.24, 2.45) is 10.8 Å². The molecule has 0 saturated heterocycles. The van der Waals surface area contributed by atoms with Crippen molar-refractivity contribution in [2.45, 2.75) is 59.0 Å². The fourth-order valence-corrected chi connectivity index (χ4v) is 4.73. The van der Waals surface area contributed by atoms with E-state index in [1.165, 1.54) is 6.42 Å². The maximum Gasteiger partial charge on any atom is 0.0698 e. The number of aromatic nitrogens is 1. The maximum atomic E-state index is 11.0. The third-order valence-electron chi connectivity index (χ3n) is 3.87. The molecule has 1 N–H and O–H groups in total. The van der Waals surface area contributed by atoms with Gasteiger partial charge in [0.05, 0.1) is 5.60 Å². The molecule has 0 amide bonds. The Bertz CT molecular complexity index is 452. The Morgan fingerprint density at radius 2 is 1.68 bits per heavy atom. The van der Waals surface area contributed by atoms with Gasteiger partial charge in [-0.25, -0.2) is 0 Å². The van der Waals surface area contributed by atoms with Gasteiger partial charge in [0.1, 0.15) is 0 Å². The first-order valence-electron chi connectivity index (χ1n) is 6.91. The first-order chi connectivity index (χ1) is 8.59. The largest absolute Gasteiger partial charge is 0.390 e. The van der Waals surface area contributed by atoms with E-state index in [2.05, 4.69) is 54.7 Å². The van der Waals surface area contributed by atoms with Gasteiger partial charge in [-0.3, -0.25) is 4.98 Å². The van der Waals surface area contributed by atoms with Crippen LogP contribution in [0, 0.1) is 10.8 Å². The zero-order valence-electron chi connectivity index (χ0n) is 12.3. The molecule has 3 heteroatoms. The molecule has 0 bridgehead atoms. The predicted molar refractivity (Wildman–Crippen MR) is 82.0 cm³/mol. The standard InChI is InChI=1S/C16H24BrNO/c1-14(2)9-15(3,4)11-16(19,10-14)6-12-5-13(17)8-18-7-12/h5,7-8,19H,6,9-11H2,1-4H3. The lowest BCUT2D eigenvalue weighted by molar-refractivity contribution is -0.0851. The molecule has 106 valence electrons. The Morgan fingerprint density at radius 3 is 2.21 bits per heavy atom. The highest BCUT2D eigenvalue weighted by Gasteiger charge is 2.46. The Balaban J connectivity index is 2.22. The molecule has 19 heavy (non-hydrogen) atoms. The van der Waals surface area contributed by atoms with Gasteiger partial charge < -0.3 is 5.11 Å². The predicted octanol–water partition coefficient (Wildman–Crippen LogP) is 4.35. The summed E-state index contributed by atoms with van der Waals surface area (Å²) in [5.74, 6) is 0. The number of hydrogen-bond acceptors (Lipinski definition) is 2. The second-order valence-electron chi connectivity index (χ2n) is 7.77. The van der Waals surface area contributed by atoms with Crippen LogP contribution in [0.2, 0.25) is 0 Å². The number of rotatable bonds is 2. The number of aliphatic hydroxyl groups is 1. The normalized spacial score (nSPS) is 24.1. The van der Waals surface area contributed by atoms with Gasteiger partial charge >= 0.3 is 0 Å². The van der Waals surface area contributed by atoms with E-state index in [4.69, 9.17) is 0 Å². The van der Waals surface area contributed by atoms with E-state index in [1.54, 1.807) is 6.20 Å². The molecular formula is C16H24BrNO. The van der Waals surface area contributed by atoms with Crippen molar-refractivity contribution in [1.82, 2.24) is 4.98 Å². The molecule has 2 rings (SSSR count). The molecule has 0 radical (unpaired) electrons. The summed E-state index contributed by atoms with van der Waals surface area (Å²) < 4.78 is 0.975. The first kappa shape index (κ1) is 15.0. The Morgan fingerprint density at radius 1 is 1.11 bits per heavy atom. The summed E-state index contributed by atoms with van der Waals surface area (Å²) >= 11 is 3.45. The molecule has 1 aromatic rings. The van der Waals surface area contributed by atoms with Crippen LogP contribution in [0.1, 0.15) is 52.5 Å². The summed E-state index contributed by atoms with van der Waals surface area (Å²) in [6.45, 7) is 9.05. The van der Waals surface area contributed by atoms with Crippen molar-refractivity contribution in [3.63, 3.8) is 0 Å². The Hall–Kier alpha value is -0.410. The second-order valence-corrected chi connectivity index (χ2v) is 8.69. The van der Waals surface area contributed by atoms with Gasteiger partial charge in [0, 0.05) is 23.3 Å². The van der Waals surface area contributed by atoms with Crippen molar-refractivity contribution in [3.8, 4) is 0 Å². The molecule has 1 aliphatic rings. The van der Waals surface area contributed by atoms with Crippen molar-refractivity contribution < 1.29 is 5.11 Å². The topological polar surface area (TPSA) is 33.1 Å². The van der Waals surface area contributed by atoms with Crippen LogP contribution in [0.4, 0.5) is 0 Å². The van der Waals surface area contributed by atoms with E-state index in [0.29, 0.717) is 6.42 Å². The average Bonchev–Trinajstić information content (AvgIpc) is 2.09. The fourth-order valence-electron chi connectivity index (χ4n) is 4.32. The molecule has 2 nitrogen and oxygen atoms in total. The van der Waals surface area contributed by atoms with Crippen LogP contribution < -0.4 is 0 Å². The van der Waals surface area contributed by atoms with Gasteiger partial charge in [0.15, 0.2) is 0 Å². The summed E-state index contributed by atoms with van der Waals surface area (Å²) in [6, 6.07) is 2.06. The van der Waals surface area contributed by atoms with E-state index in [-0.39, 0.29) is 10.8 Å². The van der Waals surface area contributed by atoms with Crippen molar-refractivity contribution in [3.05, 3.63) is 28.5 Å². The quantitative estimate of drug-likeness (QED) is 0.876. The highest BCUT2D eigenvalue weighted by molar-refractivity contribution is 9.10. The molecule has 1 aromatic heterocycles. The Kier molecular flexibility index (Phi) is 3.83. The number of pyridine rings is 1. The monoisotopic (exact) mass is 325 g/mol. The molecular weight excluding hydrogens is 302 g/mol. The molecule has 1 fully saturated rings. The molecule has 1 heterocycles. The first-order valence-corrected chi connectivity index (χ1v) is 7.71. The fraction of sp³-hybridized carbons (Fsp3) is 0.688. The molecule has 0 atom stereocenters. The van der Waals surface area contributed by atoms with E-state index >= 15 is 0 Å². The highest BCUT2D eigenvalue weighted by Crippen LogP contribution is 2.50. The summed E-state index contributed by atoms with van der Waals surface area (Å²) in [4.78, 5) is 4.20. The van der Waals surface area contributed by atoms with E-state index in [1.807, 2.05) is 6.20 Å². The number of nitrogens with zero attached hydrogens (tertiary/aromatic N) is 1. The lowest BCUT2D eigenvalue weighted by Gasteiger charge is -2.49. The number of halogens is 1. The minimum Gasteiger partial charge on any atom is -0.390 e. The molecule has 1 saturated carbocycles. The summed E-state index contributed by atoms with van der Waals surface area (Å²) in [6.07, 6.45) is 7.21. The van der Waals surface area contributed by atoms with Gasteiger partial charge in [-0.2, -0.15) is 0 Å². The average molecular weight is 326 g/mol. The van der Waals surface area contributed by atoms with E-state index in [0.717, 1.165) is 22.9 Å². The number of hydrogen-bond donors (Lipinski definition) is 1. The van der Waals surface area contributed by atoms with Crippen molar-refractivity contribution in [1.29, 1.82) is 0 Å². The van der Waals surface area contributed by atoms with Crippen LogP contribution in [0.15, 0.2) is 22.9 Å². The van der Waals surface area contributed by atoms with Gasteiger partial charge in [-0.15, -0.1) is 0 Å². The summed E-state index contributed by atoms with van der Waals surface area (Å²) in [7, 11) is 0. The third kappa shape index (κ3) is 4.03. The minimum absolute atomic E-state index is 0.190. The van der Waals surface area contributed by atoms with Crippen LogP contribution in [0.25, 0.3) is 0 Å². The zero-order valence-corrected chi connectivity index (χ0v) is 13.9. The van der Waals surface area contributed by atoms with Gasteiger partial charge in [-0.05, 0) is 57.7 Å². The van der Waals surface area contributed by atoms with Crippen LogP contribution in [-0.2, 0) is 6.42 Å². The highest BCUT2D eigenvalue weighted by atomic mass is 79.9. The summed E-state index contributed by atoms with van der Waals surface area (Å²) in [5.41, 5.74) is 0.866. The maximum absolute atomic E-state index is 11.0. The molecule has 0 spiro atoms. The molecule has 0 aliphatic heterocycles. The Labute approximate surface area is 124 Å². The van der Waals surface area contributed by atoms with Crippen LogP contribution in [0.5, 0.6) is 0 Å². The molecule has 0 unspecified atom stereocenters. The van der Waals surface area contributed by atoms with Crippen LogP contribution in [0.3, 0.4) is 0 Å². The van der Waals surface area contributed by atoms with Gasteiger partial charge in [0.2, 0.25) is 0 Å². The zero-order chi connectivity index (χ0) is 14.3. The minimum atomic E-state index is -0.617. The van der Waals surface area contributed by atoms with Gasteiger partial charge in [-0.1, -0.05) is 27.7 Å². The SMILES string of the molecule is CC1(C)CC(C)(C)CC(O)(Cc2cncc(Br)c2)C1. The second kappa shape index (κ2) is 4.85. The van der Waals surface area contributed by atoms with Crippen molar-refractivity contribution in [2.75, 3.05) is 0 Å². The molecule has 1 aliphatic carbocycles. The third-order valence-corrected chi connectivity index (χ3v) is 4.30. The van der Waals surface area contributed by atoms with E-state index < -0.39 is 5.60 Å². The lowest BCUT2D eigenvalue weighted by atomic mass is 9.58. The van der Waals surface area contributed by atoms with E-state index in [9.17, 15) is 5.11 Å². The van der Waals surface area contributed by atoms with Crippen LogP contribution in [-0.4, -0.2) is 15.7 Å². The van der Waals surface area contributed by atoms with Crippen LogP contribution >= 0.6 is 15.9 Å².